The van der Waals surface area contributed by atoms with Crippen LogP contribution in [0.15, 0.2) is 18.2 Å². The number of hydrogen-bond acceptors (Lipinski definition) is 3. The molecule has 118 valence electrons. The fraction of sp³-hybridized carbons (Fsp3) is 0.556. The van der Waals surface area contributed by atoms with Gasteiger partial charge >= 0.3 is 0 Å². The second-order valence-electron chi connectivity index (χ2n) is 5.57. The van der Waals surface area contributed by atoms with Crippen LogP contribution in [-0.2, 0) is 13.0 Å². The lowest BCUT2D eigenvalue weighted by atomic mass is 10.2. The lowest BCUT2D eigenvalue weighted by molar-refractivity contribution is 0.318. The molecule has 2 aromatic rings. The zero-order valence-electron chi connectivity index (χ0n) is 13.6. The molecule has 0 unspecified atom stereocenters. The maximum atomic E-state index is 9.02. The van der Waals surface area contributed by atoms with E-state index in [0.717, 1.165) is 42.0 Å². The smallest absolute Gasteiger partial charge is 0.124 e. The van der Waals surface area contributed by atoms with Crippen LogP contribution in [0.4, 0.5) is 0 Å². The highest BCUT2D eigenvalue weighted by Crippen LogP contribution is 2.23. The van der Waals surface area contributed by atoms with Crippen LogP contribution in [0.2, 0.25) is 0 Å². The third kappa shape index (κ3) is 4.00. The second-order valence-corrected chi connectivity index (χ2v) is 5.57. The molecule has 0 spiro atoms. The van der Waals surface area contributed by atoms with E-state index < -0.39 is 0 Å². The summed E-state index contributed by atoms with van der Waals surface area (Å²) < 4.78 is 7.86. The molecule has 0 radical (unpaired) electrons. The van der Waals surface area contributed by atoms with Crippen molar-refractivity contribution in [3.63, 3.8) is 0 Å². The summed E-state index contributed by atoms with van der Waals surface area (Å²) in [5.74, 6) is 1.72. The van der Waals surface area contributed by atoms with Crippen molar-refractivity contribution in [2.75, 3.05) is 6.61 Å². The molecule has 22 heavy (non-hydrogen) atoms. The van der Waals surface area contributed by atoms with Crippen molar-refractivity contribution in [3.8, 4) is 11.8 Å². The van der Waals surface area contributed by atoms with E-state index in [-0.39, 0.29) is 0 Å². The first-order valence-corrected chi connectivity index (χ1v) is 8.29. The number of aromatic nitrogens is 2. The minimum Gasteiger partial charge on any atom is -0.494 e. The minimum atomic E-state index is 0.355. The molecule has 0 saturated heterocycles. The number of nitrogens with zero attached hydrogens (tertiary/aromatic N) is 3. The summed E-state index contributed by atoms with van der Waals surface area (Å²) in [5, 5.41) is 9.02. The molecule has 1 heterocycles. The van der Waals surface area contributed by atoms with E-state index in [1.165, 1.54) is 19.3 Å². The average molecular weight is 299 g/mol. The van der Waals surface area contributed by atoms with E-state index in [9.17, 15) is 0 Å². The molecule has 0 bridgehead atoms. The van der Waals surface area contributed by atoms with Gasteiger partial charge in [0.05, 0.1) is 30.1 Å². The summed E-state index contributed by atoms with van der Waals surface area (Å²) >= 11 is 0. The lowest BCUT2D eigenvalue weighted by Gasteiger charge is -2.08. The van der Waals surface area contributed by atoms with Crippen LogP contribution < -0.4 is 4.74 Å². The monoisotopic (exact) mass is 299 g/mol. The Bertz CT molecular complexity index is 640. The second kappa shape index (κ2) is 8.43. The first kappa shape index (κ1) is 16.4. The molecule has 0 fully saturated rings. The van der Waals surface area contributed by atoms with Crippen LogP contribution >= 0.6 is 0 Å². The van der Waals surface area contributed by atoms with Crippen molar-refractivity contribution in [3.05, 3.63) is 24.0 Å². The fourth-order valence-electron chi connectivity index (χ4n) is 2.62. The Morgan fingerprint density at radius 3 is 2.77 bits per heavy atom. The van der Waals surface area contributed by atoms with Gasteiger partial charge < -0.3 is 9.30 Å². The number of rotatable bonds is 9. The molecule has 0 aliphatic rings. The highest BCUT2D eigenvalue weighted by atomic mass is 16.5. The zero-order chi connectivity index (χ0) is 15.8. The summed E-state index contributed by atoms with van der Waals surface area (Å²) in [6, 6.07) is 8.26. The predicted octanol–water partition coefficient (Wildman–Crippen LogP) is 4.47. The minimum absolute atomic E-state index is 0.355. The Morgan fingerprint density at radius 1 is 1.18 bits per heavy atom. The normalized spacial score (nSPS) is 10.8. The summed E-state index contributed by atoms with van der Waals surface area (Å²) in [4.78, 5) is 4.63. The molecule has 1 aromatic carbocycles. The summed E-state index contributed by atoms with van der Waals surface area (Å²) in [5.41, 5.74) is 2.03. The average Bonchev–Trinajstić information content (AvgIpc) is 2.86. The number of fused-ring (bicyclic) bond motifs is 1. The van der Waals surface area contributed by atoms with Gasteiger partial charge in [-0.25, -0.2) is 4.98 Å². The van der Waals surface area contributed by atoms with Crippen molar-refractivity contribution in [1.29, 1.82) is 5.26 Å². The molecule has 1 aromatic heterocycles. The maximum absolute atomic E-state index is 9.02. The van der Waals surface area contributed by atoms with Gasteiger partial charge in [-0.3, -0.25) is 0 Å². The SMILES string of the molecule is CCCCCCn1c(CC#N)nc2cc(OCCC)ccc21. The van der Waals surface area contributed by atoms with E-state index in [1.54, 1.807) is 0 Å². The Hall–Kier alpha value is -2.02. The highest BCUT2D eigenvalue weighted by Gasteiger charge is 2.11. The van der Waals surface area contributed by atoms with Crippen LogP contribution in [0.1, 0.15) is 51.8 Å². The Balaban J connectivity index is 2.23. The standard InChI is InChI=1S/C18H25N3O/c1-3-5-6-7-12-21-17-9-8-15(22-13-4-2)14-16(17)20-18(21)10-11-19/h8-9,14H,3-7,10,12-13H2,1-2H3. The van der Waals surface area contributed by atoms with Crippen LogP contribution in [-0.4, -0.2) is 16.2 Å². The number of hydrogen-bond donors (Lipinski definition) is 0. The van der Waals surface area contributed by atoms with E-state index in [0.29, 0.717) is 13.0 Å². The fourth-order valence-corrected chi connectivity index (χ4v) is 2.62. The Morgan fingerprint density at radius 2 is 2.05 bits per heavy atom. The van der Waals surface area contributed by atoms with Gasteiger partial charge in [0, 0.05) is 12.6 Å². The van der Waals surface area contributed by atoms with Crippen molar-refractivity contribution in [2.45, 2.75) is 58.9 Å². The van der Waals surface area contributed by atoms with Gasteiger partial charge in [-0.2, -0.15) is 5.26 Å². The quantitative estimate of drug-likeness (QED) is 0.642. The van der Waals surface area contributed by atoms with Gasteiger partial charge in [0.15, 0.2) is 0 Å². The number of aryl methyl sites for hydroxylation is 1. The van der Waals surface area contributed by atoms with E-state index >= 15 is 0 Å². The van der Waals surface area contributed by atoms with Crippen LogP contribution in [0.3, 0.4) is 0 Å². The molecule has 2 rings (SSSR count). The predicted molar refractivity (Wildman–Crippen MR) is 89.0 cm³/mol. The molecule has 0 atom stereocenters. The van der Waals surface area contributed by atoms with Crippen LogP contribution in [0.5, 0.6) is 5.75 Å². The highest BCUT2D eigenvalue weighted by molar-refractivity contribution is 5.78. The molecular formula is C18H25N3O. The molecule has 4 heteroatoms. The summed E-state index contributed by atoms with van der Waals surface area (Å²) in [7, 11) is 0. The number of benzene rings is 1. The van der Waals surface area contributed by atoms with Crippen molar-refractivity contribution >= 4 is 11.0 Å². The molecule has 0 aliphatic carbocycles. The van der Waals surface area contributed by atoms with Crippen molar-refractivity contribution in [1.82, 2.24) is 9.55 Å². The molecule has 0 N–H and O–H groups in total. The van der Waals surface area contributed by atoms with E-state index in [4.69, 9.17) is 10.00 Å². The molecular weight excluding hydrogens is 274 g/mol. The topological polar surface area (TPSA) is 50.8 Å². The molecule has 4 nitrogen and oxygen atoms in total. The first-order valence-electron chi connectivity index (χ1n) is 8.29. The first-order chi connectivity index (χ1) is 10.8. The van der Waals surface area contributed by atoms with E-state index in [2.05, 4.69) is 35.5 Å². The number of imidazole rings is 1. The lowest BCUT2D eigenvalue weighted by Crippen LogP contribution is -2.03. The van der Waals surface area contributed by atoms with Gasteiger partial charge in [0.25, 0.3) is 0 Å². The van der Waals surface area contributed by atoms with Gasteiger partial charge in [0.1, 0.15) is 11.6 Å². The molecule has 0 saturated carbocycles. The molecule has 0 amide bonds. The third-order valence-electron chi connectivity index (χ3n) is 3.74. The largest absolute Gasteiger partial charge is 0.494 e. The van der Waals surface area contributed by atoms with Gasteiger partial charge in [-0.1, -0.05) is 33.1 Å². The van der Waals surface area contributed by atoms with Gasteiger partial charge in [-0.15, -0.1) is 0 Å². The Labute approximate surface area is 132 Å². The number of ether oxygens (including phenoxy) is 1. The van der Waals surface area contributed by atoms with Crippen molar-refractivity contribution in [2.24, 2.45) is 0 Å². The summed E-state index contributed by atoms with van der Waals surface area (Å²) in [6.45, 7) is 5.96. The number of nitriles is 1. The van der Waals surface area contributed by atoms with Crippen LogP contribution in [0.25, 0.3) is 11.0 Å². The Kier molecular flexibility index (Phi) is 6.27. The van der Waals surface area contributed by atoms with Gasteiger partial charge in [-0.05, 0) is 25.0 Å². The molecule has 0 aliphatic heterocycles. The van der Waals surface area contributed by atoms with Crippen LogP contribution in [0, 0.1) is 11.3 Å². The summed E-state index contributed by atoms with van der Waals surface area (Å²) in [6.07, 6.45) is 6.19. The van der Waals surface area contributed by atoms with Gasteiger partial charge in [0.2, 0.25) is 0 Å². The zero-order valence-corrected chi connectivity index (χ0v) is 13.6. The third-order valence-corrected chi connectivity index (χ3v) is 3.74. The van der Waals surface area contributed by atoms with E-state index in [1.807, 2.05) is 12.1 Å². The number of unbranched alkanes of at least 4 members (excludes halogenated alkanes) is 3. The maximum Gasteiger partial charge on any atom is 0.124 e. The van der Waals surface area contributed by atoms with Crippen molar-refractivity contribution < 1.29 is 4.74 Å².